The van der Waals surface area contributed by atoms with Crippen LogP contribution in [0.5, 0.6) is 0 Å². The topological polar surface area (TPSA) is 161 Å². The van der Waals surface area contributed by atoms with Gasteiger partial charge in [0.1, 0.15) is 0 Å². The smallest absolute Gasteiger partial charge is 0.869 e. The first-order valence-electron chi connectivity index (χ1n) is 10.5. The van der Waals surface area contributed by atoms with Crippen LogP contribution >= 0.6 is 0 Å². The van der Waals surface area contributed by atoms with E-state index in [-0.39, 0.29) is 62.3 Å². The molecule has 54 heavy (non-hydrogen) atoms. The maximum atomic E-state index is 11.3. The van der Waals surface area contributed by atoms with Gasteiger partial charge in [0, 0.05) is 0 Å². The molecule has 0 fully saturated rings. The zero-order valence-corrected chi connectivity index (χ0v) is 29.1. The molecule has 0 N–H and O–H groups in total. The van der Waals surface area contributed by atoms with E-state index in [1.54, 1.807) is 0 Å². The second-order valence-corrected chi connectivity index (χ2v) is 7.47. The number of ketones is 4. The minimum Gasteiger partial charge on any atom is -0.869 e. The zero-order chi connectivity index (χ0) is 43.4. The van der Waals surface area contributed by atoms with Gasteiger partial charge in [-0.2, -0.15) is 105 Å². The molecule has 8 nitrogen and oxygen atoms in total. The van der Waals surface area contributed by atoms with Gasteiger partial charge in [-0.25, -0.2) is 0 Å². The van der Waals surface area contributed by atoms with Crippen LogP contribution in [0.2, 0.25) is 0 Å². The van der Waals surface area contributed by atoms with Crippen molar-refractivity contribution in [2.45, 2.75) is 49.4 Å². The van der Waals surface area contributed by atoms with Gasteiger partial charge in [-0.3, -0.25) is 19.2 Å². The first-order chi connectivity index (χ1) is 22.2. The molecule has 0 aliphatic rings. The fourth-order valence-electron chi connectivity index (χ4n) is 1.13. The van der Waals surface area contributed by atoms with Crippen molar-refractivity contribution in [3.63, 3.8) is 0 Å². The quantitative estimate of drug-likeness (QED) is 0.173. The molecule has 0 aromatic heterocycles. The molecule has 0 radical (unpaired) electrons. The molecule has 0 saturated carbocycles. The van der Waals surface area contributed by atoms with E-state index in [1.807, 2.05) is 0 Å². The maximum absolute atomic E-state index is 11.3. The summed E-state index contributed by atoms with van der Waals surface area (Å²) in [6.45, 7) is 0. The van der Waals surface area contributed by atoms with Crippen LogP contribution in [-0.4, -0.2) is 72.5 Å². The molecule has 0 aromatic carbocycles. The minimum absolute atomic E-state index is 0. The van der Waals surface area contributed by atoms with Gasteiger partial charge >= 0.3 is 112 Å². The molecule has 34 heteroatoms. The van der Waals surface area contributed by atoms with Crippen molar-refractivity contribution in [2.24, 2.45) is 0 Å². The van der Waals surface area contributed by atoms with E-state index in [1.165, 1.54) is 0 Å². The van der Waals surface area contributed by atoms with E-state index in [0.29, 0.717) is 0 Å². The van der Waals surface area contributed by atoms with Crippen LogP contribution in [0.4, 0.5) is 105 Å². The van der Waals surface area contributed by atoms with Crippen LogP contribution in [0.1, 0.15) is 0 Å². The van der Waals surface area contributed by atoms with Crippen molar-refractivity contribution in [2.75, 3.05) is 0 Å². The van der Waals surface area contributed by atoms with Gasteiger partial charge in [0.2, 0.25) is 0 Å². The number of alkyl halides is 24. The van der Waals surface area contributed by atoms with E-state index in [4.69, 9.17) is 0 Å². The summed E-state index contributed by atoms with van der Waals surface area (Å²) in [5.74, 6) is -22.6. The zero-order valence-electron chi connectivity index (χ0n) is 24.2. The van der Waals surface area contributed by atoms with E-state index < -0.39 is 120 Å². The van der Waals surface area contributed by atoms with E-state index in [0.717, 1.165) is 0 Å². The Morgan fingerprint density at radius 3 is 0.426 bits per heavy atom. The van der Waals surface area contributed by atoms with Gasteiger partial charge in [0.05, 0.1) is 0 Å². The Morgan fingerprint density at radius 1 is 0.278 bits per heavy atom. The average molecular weight is 940 g/mol. The molecule has 0 aliphatic heterocycles. The predicted molar refractivity (Wildman–Crippen MR) is 101 cm³/mol. The first kappa shape index (κ1) is 63.2. The van der Waals surface area contributed by atoms with Crippen molar-refractivity contribution in [1.82, 2.24) is 0 Å². The minimum atomic E-state index is -5.46. The first-order valence-corrected chi connectivity index (χ1v) is 10.5. The van der Waals surface area contributed by atoms with Crippen LogP contribution in [0, 0.1) is 0 Å². The molecule has 0 saturated heterocycles. The fourth-order valence-corrected chi connectivity index (χ4v) is 1.13. The van der Waals surface area contributed by atoms with Crippen LogP contribution in [0.3, 0.4) is 0 Å². The number of carbonyl (C=O) groups excluding carboxylic acids is 4. The molecule has 0 rings (SSSR count). The predicted octanol–water partition coefficient (Wildman–Crippen LogP) is 0.699. The summed E-state index contributed by atoms with van der Waals surface area (Å²) in [5.41, 5.74) is 0. The number of rotatable bonds is 4. The second-order valence-electron chi connectivity index (χ2n) is 7.47. The van der Waals surface area contributed by atoms with Gasteiger partial charge in [0.25, 0.3) is 23.1 Å². The Labute approximate surface area is 326 Å². The molecule has 0 atom stereocenters. The summed E-state index contributed by atoms with van der Waals surface area (Å²) >= 11 is 0. The van der Waals surface area contributed by atoms with Crippen LogP contribution in [0.25, 0.3) is 0 Å². The molecule has 0 heterocycles. The Bertz CT molecular complexity index is 1160. The van der Waals surface area contributed by atoms with Crippen LogP contribution < -0.4 is 50.0 Å². The fraction of sp³-hybridized carbons (Fsp3) is 0.400. The van der Waals surface area contributed by atoms with E-state index in [9.17, 15) is 145 Å². The number of carbonyl (C=O) groups is 4. The molecule has 304 valence electrons. The van der Waals surface area contributed by atoms with Gasteiger partial charge in [-0.1, -0.05) is 0 Å². The Balaban J connectivity index is -0.000000140. The molecule has 0 spiro atoms. The molecular weight excluding hydrogens is 936 g/mol. The summed E-state index contributed by atoms with van der Waals surface area (Å²) < 4.78 is 271. The van der Waals surface area contributed by atoms with Gasteiger partial charge < -0.3 is 20.4 Å². The third kappa shape index (κ3) is 30.6. The van der Waals surface area contributed by atoms with Gasteiger partial charge in [0.15, 0.2) is 0 Å². The monoisotopic (exact) mass is 940 g/mol. The van der Waals surface area contributed by atoms with E-state index in [2.05, 4.69) is 0 Å². The summed E-state index contributed by atoms with van der Waals surface area (Å²) in [4.78, 5) is 39.3. The van der Waals surface area contributed by atoms with Gasteiger partial charge in [-0.15, -0.1) is 0 Å². The molecule has 0 bridgehead atoms. The van der Waals surface area contributed by atoms with Crippen LogP contribution in [0.15, 0.2) is 47.3 Å². The van der Waals surface area contributed by atoms with Crippen molar-refractivity contribution in [3.05, 3.63) is 47.3 Å². The second kappa shape index (κ2) is 22.7. The number of allylic oxidation sites excluding steroid dienone is 8. The normalized spacial score (nSPS) is 13.9. The van der Waals surface area contributed by atoms with Crippen LogP contribution in [-0.2, 0) is 51.9 Å². The van der Waals surface area contributed by atoms with Gasteiger partial charge in [-0.05, 0) is 47.3 Å². The molecule has 0 aromatic rings. The number of hydrogen-bond donors (Lipinski definition) is 0. The molecule has 0 aliphatic carbocycles. The maximum Gasteiger partial charge on any atom is 3.00 e. The van der Waals surface area contributed by atoms with Crippen molar-refractivity contribution >= 4 is 23.1 Å². The molecule has 0 unspecified atom stereocenters. The van der Waals surface area contributed by atoms with Crippen molar-refractivity contribution in [3.8, 4) is 0 Å². The summed E-state index contributed by atoms with van der Waals surface area (Å²) in [7, 11) is 0. The Hall–Kier alpha value is -2.74. The summed E-state index contributed by atoms with van der Waals surface area (Å²) in [5, 5.41) is 39.3. The summed E-state index contributed by atoms with van der Waals surface area (Å²) in [6.07, 6.45) is -47.8. The Kier molecular flexibility index (Phi) is 26.6. The average Bonchev–Trinajstić information content (AvgIpc) is 2.85. The van der Waals surface area contributed by atoms with E-state index >= 15 is 0 Å². The largest absolute Gasteiger partial charge is 3.00 e. The third-order valence-corrected chi connectivity index (χ3v) is 3.28. The van der Waals surface area contributed by atoms with Crippen molar-refractivity contribution in [1.29, 1.82) is 0 Å². The standard InChI is InChI=1S/4C5H2F6O2.Na.Y/c4*6-4(7,8)2(12)1-3(13)5(9,10)11;;/h4*1,12H;;/q;;;;+1;+3/p-4/b4*2-1-;;. The Morgan fingerprint density at radius 2 is 0.370 bits per heavy atom. The third-order valence-electron chi connectivity index (χ3n) is 3.28. The van der Waals surface area contributed by atoms with Crippen molar-refractivity contribution < 1.29 is 207 Å². The molecule has 0 amide bonds. The number of hydrogen-bond acceptors (Lipinski definition) is 8. The number of halogens is 24. The molecular formula is C20H4F24NaO8Y. The SMILES string of the molecule is O=C(/C=C(\[O-])C(F)(F)F)C(F)(F)F.O=C(/C=C(\[O-])C(F)(F)F)C(F)(F)F.O=C(/C=C(\[O-])C(F)(F)F)C(F)(F)F.O=C(/C=C(\[O-])C(F)(F)F)C(F)(F)F.[Na+].[Y+3]. The summed E-state index contributed by atoms with van der Waals surface area (Å²) in [6, 6.07) is 0.